The van der Waals surface area contributed by atoms with E-state index in [4.69, 9.17) is 4.98 Å². The number of nitrogens with one attached hydrogen (secondary N) is 1. The Morgan fingerprint density at radius 2 is 2.00 bits per heavy atom. The number of aromatic nitrogens is 1. The topological polar surface area (TPSA) is 62.3 Å². The van der Waals surface area contributed by atoms with Crippen molar-refractivity contribution in [3.63, 3.8) is 0 Å². The molecule has 1 N–H and O–H groups in total. The predicted molar refractivity (Wildman–Crippen MR) is 93.9 cm³/mol. The Labute approximate surface area is 145 Å². The molecule has 1 aromatic heterocycles. The number of carbonyl (C=O) groups is 2. The molecule has 0 aliphatic carbocycles. The third-order valence-corrected chi connectivity index (χ3v) is 6.28. The second-order valence-electron chi connectivity index (χ2n) is 6.66. The molecule has 24 heavy (non-hydrogen) atoms. The third kappa shape index (κ3) is 3.02. The van der Waals surface area contributed by atoms with Crippen molar-refractivity contribution in [3.05, 3.63) is 29.3 Å². The summed E-state index contributed by atoms with van der Waals surface area (Å²) >= 11 is 1.78. The van der Waals surface area contributed by atoms with Crippen molar-refractivity contribution in [3.8, 4) is 0 Å². The van der Waals surface area contributed by atoms with E-state index in [2.05, 4.69) is 23.5 Å². The number of thiazole rings is 1. The van der Waals surface area contributed by atoms with Crippen molar-refractivity contribution in [2.75, 3.05) is 19.6 Å². The molecule has 2 aromatic rings. The van der Waals surface area contributed by atoms with Gasteiger partial charge in [-0.15, -0.1) is 11.3 Å². The first kappa shape index (κ1) is 15.6. The summed E-state index contributed by atoms with van der Waals surface area (Å²) in [5.41, 5.74) is 1.08. The second-order valence-corrected chi connectivity index (χ2v) is 7.72. The molecule has 4 rings (SSSR count). The maximum absolute atomic E-state index is 12.6. The molecule has 3 heterocycles. The highest BCUT2D eigenvalue weighted by Gasteiger charge is 2.31. The SMILES string of the molecule is O=C1CCC(C(=O)N2CCC(c3nc4ccccc4s3)CC2)CN1. The number of hydrogen-bond donors (Lipinski definition) is 1. The smallest absolute Gasteiger partial charge is 0.227 e. The van der Waals surface area contributed by atoms with Crippen LogP contribution < -0.4 is 5.32 Å². The largest absolute Gasteiger partial charge is 0.355 e. The zero-order chi connectivity index (χ0) is 16.5. The molecule has 2 fully saturated rings. The number of amides is 2. The van der Waals surface area contributed by atoms with E-state index in [1.807, 2.05) is 11.0 Å². The van der Waals surface area contributed by atoms with Crippen molar-refractivity contribution in [1.82, 2.24) is 15.2 Å². The number of hydrogen-bond acceptors (Lipinski definition) is 4. The molecule has 2 amide bonds. The zero-order valence-electron chi connectivity index (χ0n) is 13.5. The molecule has 1 unspecified atom stereocenters. The fourth-order valence-electron chi connectivity index (χ4n) is 3.61. The second kappa shape index (κ2) is 6.51. The number of para-hydroxylation sites is 1. The number of carbonyl (C=O) groups excluding carboxylic acids is 2. The Balaban J connectivity index is 1.37. The maximum Gasteiger partial charge on any atom is 0.227 e. The fourth-order valence-corrected chi connectivity index (χ4v) is 4.75. The number of piperidine rings is 2. The molecule has 2 aliphatic rings. The lowest BCUT2D eigenvalue weighted by Gasteiger charge is -2.34. The molecule has 0 saturated carbocycles. The van der Waals surface area contributed by atoms with Crippen LogP contribution in [0.15, 0.2) is 24.3 Å². The van der Waals surface area contributed by atoms with Crippen LogP contribution in [0.1, 0.15) is 36.6 Å². The zero-order valence-corrected chi connectivity index (χ0v) is 14.3. The van der Waals surface area contributed by atoms with Gasteiger partial charge >= 0.3 is 0 Å². The van der Waals surface area contributed by atoms with Crippen LogP contribution in [-0.2, 0) is 9.59 Å². The molecule has 1 aromatic carbocycles. The van der Waals surface area contributed by atoms with Crippen LogP contribution in [0.25, 0.3) is 10.2 Å². The van der Waals surface area contributed by atoms with Gasteiger partial charge in [-0.05, 0) is 31.4 Å². The maximum atomic E-state index is 12.6. The molecular formula is C18H21N3O2S. The number of likely N-dealkylation sites (tertiary alicyclic amines) is 1. The van der Waals surface area contributed by atoms with Crippen molar-refractivity contribution in [2.45, 2.75) is 31.6 Å². The third-order valence-electron chi connectivity index (χ3n) is 5.08. The predicted octanol–water partition coefficient (Wildman–Crippen LogP) is 2.53. The monoisotopic (exact) mass is 343 g/mol. The van der Waals surface area contributed by atoms with Gasteiger partial charge in [0.2, 0.25) is 11.8 Å². The van der Waals surface area contributed by atoms with Crippen LogP contribution >= 0.6 is 11.3 Å². The van der Waals surface area contributed by atoms with Gasteiger partial charge in [-0.1, -0.05) is 12.1 Å². The fraction of sp³-hybridized carbons (Fsp3) is 0.500. The van der Waals surface area contributed by atoms with E-state index in [0.29, 0.717) is 25.3 Å². The van der Waals surface area contributed by atoms with E-state index in [-0.39, 0.29) is 17.7 Å². The van der Waals surface area contributed by atoms with Crippen LogP contribution in [0.2, 0.25) is 0 Å². The summed E-state index contributed by atoms with van der Waals surface area (Å²) in [6.45, 7) is 2.09. The van der Waals surface area contributed by atoms with E-state index >= 15 is 0 Å². The van der Waals surface area contributed by atoms with Crippen LogP contribution in [0, 0.1) is 5.92 Å². The normalized spacial score (nSPS) is 22.6. The summed E-state index contributed by atoms with van der Waals surface area (Å²) in [7, 11) is 0. The van der Waals surface area contributed by atoms with E-state index in [0.717, 1.165) is 31.4 Å². The van der Waals surface area contributed by atoms with Crippen LogP contribution in [0.4, 0.5) is 0 Å². The average molecular weight is 343 g/mol. The Kier molecular flexibility index (Phi) is 4.22. The average Bonchev–Trinajstić information content (AvgIpc) is 3.06. The van der Waals surface area contributed by atoms with E-state index < -0.39 is 0 Å². The van der Waals surface area contributed by atoms with Crippen LogP contribution in [0.3, 0.4) is 0 Å². The van der Waals surface area contributed by atoms with Crippen molar-refractivity contribution < 1.29 is 9.59 Å². The Bertz CT molecular complexity index is 721. The first-order valence-electron chi connectivity index (χ1n) is 8.61. The van der Waals surface area contributed by atoms with Gasteiger partial charge in [0.25, 0.3) is 0 Å². The molecule has 0 bridgehead atoms. The Morgan fingerprint density at radius 3 is 2.71 bits per heavy atom. The number of fused-ring (bicyclic) bond motifs is 1. The number of benzene rings is 1. The minimum absolute atomic E-state index is 0.0401. The van der Waals surface area contributed by atoms with Crippen LogP contribution in [-0.4, -0.2) is 41.3 Å². The highest BCUT2D eigenvalue weighted by Crippen LogP contribution is 2.34. The summed E-state index contributed by atoms with van der Waals surface area (Å²) in [6.07, 6.45) is 3.11. The van der Waals surface area contributed by atoms with Crippen molar-refractivity contribution >= 4 is 33.4 Å². The van der Waals surface area contributed by atoms with Crippen LogP contribution in [0.5, 0.6) is 0 Å². The first-order chi connectivity index (χ1) is 11.7. The van der Waals surface area contributed by atoms with E-state index in [9.17, 15) is 9.59 Å². The molecule has 126 valence electrons. The molecule has 0 spiro atoms. The van der Waals surface area contributed by atoms with E-state index in [1.54, 1.807) is 11.3 Å². The van der Waals surface area contributed by atoms with Gasteiger partial charge in [-0.3, -0.25) is 9.59 Å². The number of rotatable bonds is 2. The summed E-state index contributed by atoms with van der Waals surface area (Å²) in [6, 6.07) is 8.25. The Hall–Kier alpha value is -1.95. The minimum Gasteiger partial charge on any atom is -0.355 e. The molecule has 0 radical (unpaired) electrons. The highest BCUT2D eigenvalue weighted by molar-refractivity contribution is 7.18. The van der Waals surface area contributed by atoms with Gasteiger partial charge in [0, 0.05) is 32.0 Å². The minimum atomic E-state index is -0.0401. The summed E-state index contributed by atoms with van der Waals surface area (Å²) in [5.74, 6) is 0.686. The molecule has 6 heteroatoms. The molecule has 2 saturated heterocycles. The summed E-state index contributed by atoms with van der Waals surface area (Å²) < 4.78 is 1.24. The number of nitrogens with zero attached hydrogens (tertiary/aromatic N) is 2. The molecular weight excluding hydrogens is 322 g/mol. The summed E-state index contributed by atoms with van der Waals surface area (Å²) in [4.78, 5) is 30.6. The lowest BCUT2D eigenvalue weighted by atomic mass is 9.93. The Morgan fingerprint density at radius 1 is 1.21 bits per heavy atom. The van der Waals surface area contributed by atoms with Crippen molar-refractivity contribution in [2.24, 2.45) is 5.92 Å². The molecule has 1 atom stereocenters. The highest BCUT2D eigenvalue weighted by atomic mass is 32.1. The van der Waals surface area contributed by atoms with Gasteiger partial charge in [0.05, 0.1) is 21.1 Å². The lowest BCUT2D eigenvalue weighted by molar-refractivity contribution is -0.138. The first-order valence-corrected chi connectivity index (χ1v) is 9.43. The van der Waals surface area contributed by atoms with Gasteiger partial charge in [-0.25, -0.2) is 4.98 Å². The quantitative estimate of drug-likeness (QED) is 0.911. The summed E-state index contributed by atoms with van der Waals surface area (Å²) in [5, 5.41) is 4.01. The van der Waals surface area contributed by atoms with Crippen molar-refractivity contribution in [1.29, 1.82) is 0 Å². The lowest BCUT2D eigenvalue weighted by Crippen LogP contribution is -2.47. The molecule has 5 nitrogen and oxygen atoms in total. The van der Waals surface area contributed by atoms with Gasteiger partial charge < -0.3 is 10.2 Å². The van der Waals surface area contributed by atoms with Gasteiger partial charge in [-0.2, -0.15) is 0 Å². The standard InChI is InChI=1S/C18H21N3O2S/c22-16-6-5-13(11-19-16)18(23)21-9-7-12(8-10-21)17-20-14-3-1-2-4-15(14)24-17/h1-4,12-13H,5-11H2,(H,19,22). The van der Waals surface area contributed by atoms with E-state index in [1.165, 1.54) is 9.71 Å². The van der Waals surface area contributed by atoms with Gasteiger partial charge in [0.1, 0.15) is 0 Å². The molecule has 2 aliphatic heterocycles. The van der Waals surface area contributed by atoms with Gasteiger partial charge in [0.15, 0.2) is 0 Å².